The van der Waals surface area contributed by atoms with Gasteiger partial charge in [-0.3, -0.25) is 0 Å². The van der Waals surface area contributed by atoms with Crippen molar-refractivity contribution in [2.75, 3.05) is 0 Å². The molecule has 72 valence electrons. The van der Waals surface area contributed by atoms with Gasteiger partial charge in [0.1, 0.15) is 0 Å². The molecule has 1 aromatic heterocycles. The van der Waals surface area contributed by atoms with E-state index in [1.807, 2.05) is 11.3 Å². The minimum Gasteiger partial charge on any atom is -0.246 e. The number of thiazole rings is 1. The molecule has 1 aliphatic carbocycles. The van der Waals surface area contributed by atoms with E-state index in [0.29, 0.717) is 0 Å². The highest BCUT2D eigenvalue weighted by Crippen LogP contribution is 2.37. The summed E-state index contributed by atoms with van der Waals surface area (Å²) in [5, 5.41) is 1.36. The van der Waals surface area contributed by atoms with Gasteiger partial charge in [0, 0.05) is 16.5 Å². The standard InChI is InChI=1S/C10H15NS2/c1-7-9(6-12)13-10(11-7)8-4-2-3-5-8/h8,12H,2-6H2,1H3. The van der Waals surface area contributed by atoms with E-state index in [-0.39, 0.29) is 0 Å². The Kier molecular flexibility index (Phi) is 2.94. The number of hydrogen-bond acceptors (Lipinski definition) is 3. The van der Waals surface area contributed by atoms with E-state index in [0.717, 1.165) is 11.7 Å². The first-order valence-electron chi connectivity index (χ1n) is 4.88. The van der Waals surface area contributed by atoms with Crippen molar-refractivity contribution >= 4 is 24.0 Å². The molecule has 0 unspecified atom stereocenters. The summed E-state index contributed by atoms with van der Waals surface area (Å²) in [6, 6.07) is 0. The minimum absolute atomic E-state index is 0.761. The molecule has 2 rings (SSSR count). The highest BCUT2D eigenvalue weighted by Gasteiger charge is 2.20. The second-order valence-corrected chi connectivity index (χ2v) is 5.13. The molecule has 1 heterocycles. The lowest BCUT2D eigenvalue weighted by molar-refractivity contribution is 0.714. The highest BCUT2D eigenvalue weighted by molar-refractivity contribution is 7.79. The molecule has 0 bridgehead atoms. The monoisotopic (exact) mass is 213 g/mol. The zero-order valence-corrected chi connectivity index (χ0v) is 9.63. The Hall–Kier alpha value is -0.0200. The molecule has 0 spiro atoms. The van der Waals surface area contributed by atoms with Gasteiger partial charge in [0.05, 0.1) is 10.7 Å². The fourth-order valence-corrected chi connectivity index (χ4v) is 3.46. The normalized spacial score (nSPS) is 18.3. The number of nitrogens with zero attached hydrogens (tertiary/aromatic N) is 1. The van der Waals surface area contributed by atoms with Gasteiger partial charge in [-0.05, 0) is 19.8 Å². The molecule has 0 N–H and O–H groups in total. The molecule has 0 aliphatic heterocycles. The molecule has 0 aromatic carbocycles. The lowest BCUT2D eigenvalue weighted by Gasteiger charge is -2.01. The summed E-state index contributed by atoms with van der Waals surface area (Å²) in [4.78, 5) is 5.99. The molecular weight excluding hydrogens is 198 g/mol. The quantitative estimate of drug-likeness (QED) is 0.741. The summed E-state index contributed by atoms with van der Waals surface area (Å²) in [7, 11) is 0. The van der Waals surface area contributed by atoms with Crippen molar-refractivity contribution in [1.29, 1.82) is 0 Å². The molecule has 13 heavy (non-hydrogen) atoms. The SMILES string of the molecule is Cc1nc(C2CCCC2)sc1CS. The van der Waals surface area contributed by atoms with E-state index < -0.39 is 0 Å². The summed E-state index contributed by atoms with van der Waals surface area (Å²) < 4.78 is 0. The molecule has 0 atom stereocenters. The lowest BCUT2D eigenvalue weighted by atomic mass is 10.1. The topological polar surface area (TPSA) is 12.9 Å². The van der Waals surface area contributed by atoms with Gasteiger partial charge >= 0.3 is 0 Å². The molecule has 3 heteroatoms. The van der Waals surface area contributed by atoms with Crippen LogP contribution in [0.5, 0.6) is 0 Å². The van der Waals surface area contributed by atoms with Crippen LogP contribution in [0.1, 0.15) is 47.2 Å². The Balaban J connectivity index is 2.20. The van der Waals surface area contributed by atoms with Crippen molar-refractivity contribution < 1.29 is 0 Å². The third kappa shape index (κ3) is 1.91. The van der Waals surface area contributed by atoms with Gasteiger partial charge in [-0.1, -0.05) is 12.8 Å². The molecule has 0 saturated heterocycles. The number of thiol groups is 1. The van der Waals surface area contributed by atoms with E-state index in [1.165, 1.54) is 41.3 Å². The van der Waals surface area contributed by atoms with Crippen molar-refractivity contribution in [2.45, 2.75) is 44.3 Å². The van der Waals surface area contributed by atoms with Crippen molar-refractivity contribution in [3.63, 3.8) is 0 Å². The Morgan fingerprint density at radius 1 is 1.46 bits per heavy atom. The van der Waals surface area contributed by atoms with E-state index in [9.17, 15) is 0 Å². The van der Waals surface area contributed by atoms with Gasteiger partial charge in [0.15, 0.2) is 0 Å². The molecule has 0 radical (unpaired) electrons. The number of aryl methyl sites for hydroxylation is 1. The molecule has 1 fully saturated rings. The summed E-state index contributed by atoms with van der Waals surface area (Å²) in [6.07, 6.45) is 5.47. The molecule has 0 amide bonds. The van der Waals surface area contributed by atoms with Gasteiger partial charge in [-0.15, -0.1) is 11.3 Å². The fourth-order valence-electron chi connectivity index (χ4n) is 1.94. The van der Waals surface area contributed by atoms with Crippen LogP contribution in [0.4, 0.5) is 0 Å². The second-order valence-electron chi connectivity index (χ2n) is 3.70. The van der Waals surface area contributed by atoms with Crippen molar-refractivity contribution in [3.05, 3.63) is 15.6 Å². The zero-order chi connectivity index (χ0) is 9.26. The third-order valence-electron chi connectivity index (χ3n) is 2.76. The van der Waals surface area contributed by atoms with Crippen LogP contribution in [0.2, 0.25) is 0 Å². The van der Waals surface area contributed by atoms with Gasteiger partial charge < -0.3 is 0 Å². The summed E-state index contributed by atoms with van der Waals surface area (Å²) in [6.45, 7) is 2.10. The minimum atomic E-state index is 0.761. The first-order chi connectivity index (χ1) is 6.31. The van der Waals surface area contributed by atoms with Gasteiger partial charge in [-0.25, -0.2) is 4.98 Å². The van der Waals surface area contributed by atoms with Crippen molar-refractivity contribution in [2.24, 2.45) is 0 Å². The largest absolute Gasteiger partial charge is 0.246 e. The fraction of sp³-hybridized carbons (Fsp3) is 0.700. The van der Waals surface area contributed by atoms with Crippen LogP contribution < -0.4 is 0 Å². The molecule has 1 aliphatic rings. The lowest BCUT2D eigenvalue weighted by Crippen LogP contribution is -1.90. The van der Waals surface area contributed by atoms with E-state index >= 15 is 0 Å². The van der Waals surface area contributed by atoms with Crippen LogP contribution in [0.25, 0.3) is 0 Å². The molecular formula is C10H15NS2. The predicted molar refractivity (Wildman–Crippen MR) is 60.8 cm³/mol. The number of aromatic nitrogens is 1. The summed E-state index contributed by atoms with van der Waals surface area (Å²) in [5.41, 5.74) is 1.20. The van der Waals surface area contributed by atoms with Crippen molar-refractivity contribution in [3.8, 4) is 0 Å². The van der Waals surface area contributed by atoms with Crippen molar-refractivity contribution in [1.82, 2.24) is 4.98 Å². The Morgan fingerprint density at radius 3 is 2.69 bits per heavy atom. The van der Waals surface area contributed by atoms with Crippen LogP contribution >= 0.6 is 24.0 Å². The Morgan fingerprint density at radius 2 is 2.15 bits per heavy atom. The third-order valence-corrected chi connectivity index (χ3v) is 4.61. The predicted octanol–water partition coefficient (Wildman–Crippen LogP) is 3.54. The van der Waals surface area contributed by atoms with Gasteiger partial charge in [-0.2, -0.15) is 12.6 Å². The van der Waals surface area contributed by atoms with Gasteiger partial charge in [0.25, 0.3) is 0 Å². The van der Waals surface area contributed by atoms with Crippen LogP contribution in [-0.2, 0) is 5.75 Å². The number of rotatable bonds is 2. The molecule has 1 aromatic rings. The first kappa shape index (κ1) is 9.53. The first-order valence-corrected chi connectivity index (χ1v) is 6.33. The molecule has 1 nitrogen and oxygen atoms in total. The zero-order valence-electron chi connectivity index (χ0n) is 7.92. The van der Waals surface area contributed by atoms with E-state index in [2.05, 4.69) is 24.5 Å². The maximum absolute atomic E-state index is 4.63. The molecule has 1 saturated carbocycles. The Labute approximate surface area is 89.0 Å². The summed E-state index contributed by atoms with van der Waals surface area (Å²) >= 11 is 6.18. The maximum Gasteiger partial charge on any atom is 0.0962 e. The van der Waals surface area contributed by atoms with Crippen LogP contribution in [0.3, 0.4) is 0 Å². The number of hydrogen-bond donors (Lipinski definition) is 1. The van der Waals surface area contributed by atoms with Crippen LogP contribution in [0.15, 0.2) is 0 Å². The van der Waals surface area contributed by atoms with E-state index in [1.54, 1.807) is 0 Å². The van der Waals surface area contributed by atoms with Crippen LogP contribution in [0, 0.1) is 6.92 Å². The van der Waals surface area contributed by atoms with Gasteiger partial charge in [0.2, 0.25) is 0 Å². The average molecular weight is 213 g/mol. The smallest absolute Gasteiger partial charge is 0.0962 e. The maximum atomic E-state index is 4.63. The Bertz CT molecular complexity index is 287. The van der Waals surface area contributed by atoms with Crippen LogP contribution in [-0.4, -0.2) is 4.98 Å². The average Bonchev–Trinajstić information content (AvgIpc) is 2.71. The second kappa shape index (κ2) is 4.01. The van der Waals surface area contributed by atoms with E-state index in [4.69, 9.17) is 0 Å². The highest BCUT2D eigenvalue weighted by atomic mass is 32.1. The summed E-state index contributed by atoms with van der Waals surface area (Å²) in [5.74, 6) is 1.60.